The Bertz CT molecular complexity index is 1120. The number of thiol groups is 1. The van der Waals surface area contributed by atoms with Gasteiger partial charge in [0.2, 0.25) is 0 Å². The first kappa shape index (κ1) is 21.0. The van der Waals surface area contributed by atoms with Crippen LogP contribution in [0.15, 0.2) is 83.1 Å². The monoisotopic (exact) mass is 435 g/mol. The van der Waals surface area contributed by atoms with Gasteiger partial charge < -0.3 is 0 Å². The maximum atomic E-state index is 12.6. The predicted octanol–water partition coefficient (Wildman–Crippen LogP) is 6.07. The minimum Gasteiger partial charge on any atom is -0.279 e. The van der Waals surface area contributed by atoms with Crippen molar-refractivity contribution in [1.82, 2.24) is 0 Å². The number of rotatable bonds is 5. The Kier molecular flexibility index (Phi) is 6.04. The highest BCUT2D eigenvalue weighted by Crippen LogP contribution is 2.31. The van der Waals surface area contributed by atoms with E-state index in [1.54, 1.807) is 48.5 Å². The number of para-hydroxylation sites is 1. The third-order valence-corrected chi connectivity index (χ3v) is 5.44. The molecule has 3 aromatic rings. The van der Waals surface area contributed by atoms with Gasteiger partial charge in [0.1, 0.15) is 0 Å². The number of alkyl halides is 3. The lowest BCUT2D eigenvalue weighted by molar-refractivity contribution is -0.137. The molecular weight excluding hydrogens is 419 g/mol. The number of nitrogens with one attached hydrogen (secondary N) is 1. The molecular formula is C21H16F3NO2S2. The second-order valence-corrected chi connectivity index (χ2v) is 8.21. The molecule has 0 aliphatic carbocycles. The van der Waals surface area contributed by atoms with Gasteiger partial charge in [0.05, 0.1) is 16.7 Å². The van der Waals surface area contributed by atoms with Gasteiger partial charge >= 0.3 is 6.18 Å². The molecule has 3 aromatic carbocycles. The van der Waals surface area contributed by atoms with Crippen molar-refractivity contribution in [2.24, 2.45) is 0 Å². The summed E-state index contributed by atoms with van der Waals surface area (Å²) in [5.41, 5.74) is 1.65. The molecule has 0 fully saturated rings. The number of anilines is 1. The van der Waals surface area contributed by atoms with Crippen LogP contribution in [-0.4, -0.2) is 8.42 Å². The summed E-state index contributed by atoms with van der Waals surface area (Å²) in [7, 11) is -3.72. The van der Waals surface area contributed by atoms with Gasteiger partial charge in [-0.15, -0.1) is 12.6 Å². The molecule has 0 atom stereocenters. The van der Waals surface area contributed by atoms with Crippen molar-refractivity contribution < 1.29 is 21.6 Å². The molecule has 3 nitrogen and oxygen atoms in total. The second kappa shape index (κ2) is 8.34. The molecule has 0 aliphatic heterocycles. The van der Waals surface area contributed by atoms with E-state index in [1.807, 2.05) is 0 Å². The van der Waals surface area contributed by atoms with E-state index in [0.29, 0.717) is 21.7 Å². The molecule has 0 aliphatic rings. The van der Waals surface area contributed by atoms with Gasteiger partial charge in [0.25, 0.3) is 10.0 Å². The van der Waals surface area contributed by atoms with E-state index >= 15 is 0 Å². The van der Waals surface area contributed by atoms with Crippen LogP contribution in [0.5, 0.6) is 0 Å². The van der Waals surface area contributed by atoms with Crippen molar-refractivity contribution in [2.75, 3.05) is 4.72 Å². The maximum absolute atomic E-state index is 12.6. The highest BCUT2D eigenvalue weighted by molar-refractivity contribution is 7.95. The summed E-state index contributed by atoms with van der Waals surface area (Å²) in [6.07, 6.45) is -2.94. The van der Waals surface area contributed by atoms with E-state index < -0.39 is 21.8 Å². The minimum absolute atomic E-state index is 0.373. The smallest absolute Gasteiger partial charge is 0.279 e. The summed E-state index contributed by atoms with van der Waals surface area (Å²) in [6, 6.07) is 18.4. The van der Waals surface area contributed by atoms with Gasteiger partial charge in [-0.2, -0.15) is 13.2 Å². The van der Waals surface area contributed by atoms with Gasteiger partial charge in [-0.25, -0.2) is 8.42 Å². The lowest BCUT2D eigenvalue weighted by Gasteiger charge is -2.08. The van der Waals surface area contributed by atoms with Crippen LogP contribution < -0.4 is 4.72 Å². The molecule has 1 N–H and O–H groups in total. The first-order valence-electron chi connectivity index (χ1n) is 8.41. The zero-order chi connectivity index (χ0) is 21.1. The summed E-state index contributed by atoms with van der Waals surface area (Å²) < 4.78 is 64.8. The molecule has 29 heavy (non-hydrogen) atoms. The van der Waals surface area contributed by atoms with Crippen LogP contribution in [0.25, 0.3) is 17.2 Å². The molecule has 150 valence electrons. The molecule has 3 rings (SSSR count). The second-order valence-electron chi connectivity index (χ2n) is 6.16. The van der Waals surface area contributed by atoms with Crippen LogP contribution in [0.2, 0.25) is 0 Å². The molecule has 0 aromatic heterocycles. The fourth-order valence-corrected chi connectivity index (χ4v) is 3.73. The molecule has 0 saturated carbocycles. The van der Waals surface area contributed by atoms with Crippen LogP contribution in [0.4, 0.5) is 18.9 Å². The Morgan fingerprint density at radius 1 is 0.828 bits per heavy atom. The number of benzene rings is 3. The predicted molar refractivity (Wildman–Crippen MR) is 112 cm³/mol. The topological polar surface area (TPSA) is 46.2 Å². The van der Waals surface area contributed by atoms with Gasteiger partial charge in [-0.3, -0.25) is 4.72 Å². The molecule has 0 amide bonds. The molecule has 0 saturated heterocycles. The quantitative estimate of drug-likeness (QED) is 0.478. The molecule has 0 spiro atoms. The first-order chi connectivity index (χ1) is 13.6. The van der Waals surface area contributed by atoms with Gasteiger partial charge in [-0.1, -0.05) is 48.5 Å². The summed E-state index contributed by atoms with van der Waals surface area (Å²) in [6.45, 7) is 0. The Morgan fingerprint density at radius 3 is 1.93 bits per heavy atom. The van der Waals surface area contributed by atoms with Crippen LogP contribution in [0.1, 0.15) is 11.1 Å². The van der Waals surface area contributed by atoms with Gasteiger partial charge in [0, 0.05) is 4.90 Å². The Hall–Kier alpha value is -2.71. The summed E-state index contributed by atoms with van der Waals surface area (Å²) >= 11 is 4.20. The Balaban J connectivity index is 1.72. The number of hydrogen-bond donors (Lipinski definition) is 2. The summed E-state index contributed by atoms with van der Waals surface area (Å²) in [5, 5.41) is 1.04. The molecule has 0 bridgehead atoms. The van der Waals surface area contributed by atoms with E-state index in [4.69, 9.17) is 0 Å². The zero-order valence-corrected chi connectivity index (χ0v) is 16.6. The zero-order valence-electron chi connectivity index (χ0n) is 14.9. The fourth-order valence-electron chi connectivity index (χ4n) is 2.55. The van der Waals surface area contributed by atoms with Crippen molar-refractivity contribution in [3.05, 3.63) is 89.3 Å². The fraction of sp³-hybridized carbons (Fsp3) is 0.0476. The lowest BCUT2D eigenvalue weighted by atomic mass is 10.0. The largest absolute Gasteiger partial charge is 0.416 e. The molecule has 8 heteroatoms. The van der Waals surface area contributed by atoms with Crippen molar-refractivity contribution in [3.63, 3.8) is 0 Å². The normalized spacial score (nSPS) is 12.3. The van der Waals surface area contributed by atoms with E-state index in [1.165, 1.54) is 18.2 Å². The summed E-state index contributed by atoms with van der Waals surface area (Å²) in [5.74, 6) is 0. The third-order valence-electron chi connectivity index (χ3n) is 4.05. The van der Waals surface area contributed by atoms with Crippen molar-refractivity contribution in [1.29, 1.82) is 0 Å². The Labute approximate surface area is 172 Å². The minimum atomic E-state index is -4.37. The lowest BCUT2D eigenvalue weighted by Crippen LogP contribution is -2.09. The van der Waals surface area contributed by atoms with E-state index in [-0.39, 0.29) is 0 Å². The van der Waals surface area contributed by atoms with E-state index in [9.17, 15) is 21.6 Å². The highest BCUT2D eigenvalue weighted by atomic mass is 32.2. The maximum Gasteiger partial charge on any atom is 0.416 e. The van der Waals surface area contributed by atoms with Crippen LogP contribution in [0, 0.1) is 0 Å². The van der Waals surface area contributed by atoms with E-state index in [2.05, 4.69) is 17.4 Å². The number of sulfonamides is 1. The van der Waals surface area contributed by atoms with E-state index in [0.717, 1.165) is 23.1 Å². The van der Waals surface area contributed by atoms with Gasteiger partial charge in [0.15, 0.2) is 0 Å². The number of halogens is 3. The average Bonchev–Trinajstić information content (AvgIpc) is 2.68. The molecule has 0 heterocycles. The van der Waals surface area contributed by atoms with Crippen LogP contribution >= 0.6 is 12.6 Å². The van der Waals surface area contributed by atoms with Gasteiger partial charge in [-0.05, 0) is 47.0 Å². The Morgan fingerprint density at radius 2 is 1.38 bits per heavy atom. The number of hydrogen-bond acceptors (Lipinski definition) is 3. The molecule has 0 unspecified atom stereocenters. The standard InChI is InChI=1S/C21H16F3NO2S2/c22-21(23,24)18-11-9-17(10-12-18)16-7-5-15(6-8-16)13-14-29(26,27)25-19-3-1-2-4-20(19)28/h1-14,25,28H/b14-13+. The third kappa shape index (κ3) is 5.65. The van der Waals surface area contributed by atoms with Crippen molar-refractivity contribution in [2.45, 2.75) is 11.1 Å². The average molecular weight is 435 g/mol. The van der Waals surface area contributed by atoms with Crippen molar-refractivity contribution >= 4 is 34.4 Å². The molecule has 0 radical (unpaired) electrons. The van der Waals surface area contributed by atoms with Crippen molar-refractivity contribution in [3.8, 4) is 11.1 Å². The highest BCUT2D eigenvalue weighted by Gasteiger charge is 2.29. The van der Waals surface area contributed by atoms with Crippen LogP contribution in [0.3, 0.4) is 0 Å². The SMILES string of the molecule is O=S(=O)(/C=C/c1ccc(-c2ccc(C(F)(F)F)cc2)cc1)Nc1ccccc1S. The van der Waals surface area contributed by atoms with Crippen LogP contribution in [-0.2, 0) is 16.2 Å². The summed E-state index contributed by atoms with van der Waals surface area (Å²) in [4.78, 5) is 0.505. The first-order valence-corrected chi connectivity index (χ1v) is 10.4.